The number of carbonyl (C=O) groups excluding carboxylic acids is 1. The van der Waals surface area contributed by atoms with E-state index in [1.165, 1.54) is 27.9 Å². The molecule has 0 radical (unpaired) electrons. The van der Waals surface area contributed by atoms with Crippen LogP contribution < -0.4 is 5.32 Å². The molecule has 0 bridgehead atoms. The average molecular weight is 338 g/mol. The summed E-state index contributed by atoms with van der Waals surface area (Å²) >= 11 is 1.36. The molecule has 24 heavy (non-hydrogen) atoms. The molecular formula is C16H14N6OS. The second-order valence-corrected chi connectivity index (χ2v) is 5.87. The van der Waals surface area contributed by atoms with E-state index < -0.39 is 0 Å². The van der Waals surface area contributed by atoms with Crippen LogP contribution in [-0.2, 0) is 17.8 Å². The topological polar surface area (TPSA) is 96.5 Å². The summed E-state index contributed by atoms with van der Waals surface area (Å²) in [5.41, 5.74) is 3.11. The number of amides is 1. The SMILES string of the molecule is CCc1ccc(-c2csc(NC(=O)Cn3cnc(C#N)n3)n2)cc1. The summed E-state index contributed by atoms with van der Waals surface area (Å²) in [5.74, 6) is -0.235. The lowest BCUT2D eigenvalue weighted by molar-refractivity contribution is -0.116. The van der Waals surface area contributed by atoms with Crippen molar-refractivity contribution in [1.82, 2.24) is 19.7 Å². The molecule has 0 saturated heterocycles. The van der Waals surface area contributed by atoms with Gasteiger partial charge in [-0.2, -0.15) is 5.26 Å². The van der Waals surface area contributed by atoms with E-state index in [4.69, 9.17) is 5.26 Å². The predicted octanol–water partition coefficient (Wildman–Crippen LogP) is 2.47. The standard InChI is InChI=1S/C16H14N6OS/c1-2-11-3-5-12(6-4-11)13-9-24-16(19-13)20-15(23)8-22-10-18-14(7-17)21-22/h3-6,9-10H,2,8H2,1H3,(H,19,20,23). The molecule has 1 N–H and O–H groups in total. The van der Waals surface area contributed by atoms with Crippen LogP contribution in [0.2, 0.25) is 0 Å². The molecule has 3 rings (SSSR count). The van der Waals surface area contributed by atoms with Gasteiger partial charge in [0.15, 0.2) is 5.13 Å². The molecule has 7 nitrogen and oxygen atoms in total. The van der Waals surface area contributed by atoms with E-state index in [-0.39, 0.29) is 18.3 Å². The van der Waals surface area contributed by atoms with Gasteiger partial charge in [-0.25, -0.2) is 14.6 Å². The van der Waals surface area contributed by atoms with Gasteiger partial charge in [0.2, 0.25) is 5.91 Å². The number of aryl methyl sites for hydroxylation is 1. The van der Waals surface area contributed by atoms with E-state index in [9.17, 15) is 4.79 Å². The minimum Gasteiger partial charge on any atom is -0.300 e. The van der Waals surface area contributed by atoms with Crippen LogP contribution in [0.5, 0.6) is 0 Å². The Morgan fingerprint density at radius 2 is 2.17 bits per heavy atom. The third kappa shape index (κ3) is 3.64. The van der Waals surface area contributed by atoms with Gasteiger partial charge in [-0.3, -0.25) is 4.79 Å². The monoisotopic (exact) mass is 338 g/mol. The third-order valence-corrected chi connectivity index (χ3v) is 4.11. The zero-order chi connectivity index (χ0) is 16.9. The Morgan fingerprint density at radius 1 is 1.38 bits per heavy atom. The number of benzene rings is 1. The van der Waals surface area contributed by atoms with E-state index >= 15 is 0 Å². The fourth-order valence-electron chi connectivity index (χ4n) is 2.10. The van der Waals surface area contributed by atoms with Crippen molar-refractivity contribution in [2.24, 2.45) is 0 Å². The minimum atomic E-state index is -0.272. The molecule has 0 aliphatic carbocycles. The smallest absolute Gasteiger partial charge is 0.252 e. The molecule has 8 heteroatoms. The van der Waals surface area contributed by atoms with Crippen molar-refractivity contribution >= 4 is 22.4 Å². The van der Waals surface area contributed by atoms with Gasteiger partial charge in [0.25, 0.3) is 5.82 Å². The summed E-state index contributed by atoms with van der Waals surface area (Å²) in [7, 11) is 0. The Labute approximate surface area is 142 Å². The highest BCUT2D eigenvalue weighted by Gasteiger charge is 2.10. The maximum Gasteiger partial charge on any atom is 0.252 e. The highest BCUT2D eigenvalue weighted by molar-refractivity contribution is 7.14. The van der Waals surface area contributed by atoms with Crippen LogP contribution >= 0.6 is 11.3 Å². The molecule has 0 saturated carbocycles. The minimum absolute atomic E-state index is 0.0191. The lowest BCUT2D eigenvalue weighted by atomic mass is 10.1. The van der Waals surface area contributed by atoms with Gasteiger partial charge in [0.1, 0.15) is 18.9 Å². The zero-order valence-electron chi connectivity index (χ0n) is 12.9. The number of nitrogens with one attached hydrogen (secondary N) is 1. The number of aromatic nitrogens is 4. The lowest BCUT2D eigenvalue weighted by Crippen LogP contribution is -2.19. The van der Waals surface area contributed by atoms with Crippen LogP contribution in [0, 0.1) is 11.3 Å². The molecule has 0 unspecified atom stereocenters. The van der Waals surface area contributed by atoms with Crippen LogP contribution in [-0.4, -0.2) is 25.7 Å². The van der Waals surface area contributed by atoms with Crippen molar-refractivity contribution in [3.8, 4) is 17.3 Å². The van der Waals surface area contributed by atoms with Crippen molar-refractivity contribution < 1.29 is 4.79 Å². The van der Waals surface area contributed by atoms with Crippen LogP contribution in [0.1, 0.15) is 18.3 Å². The van der Waals surface area contributed by atoms with Crippen molar-refractivity contribution in [3.63, 3.8) is 0 Å². The van der Waals surface area contributed by atoms with E-state index in [0.717, 1.165) is 17.7 Å². The van der Waals surface area contributed by atoms with E-state index in [2.05, 4.69) is 39.4 Å². The summed E-state index contributed by atoms with van der Waals surface area (Å²) in [4.78, 5) is 20.2. The number of hydrogen-bond acceptors (Lipinski definition) is 6. The first-order chi connectivity index (χ1) is 11.7. The lowest BCUT2D eigenvalue weighted by Gasteiger charge is -2.01. The van der Waals surface area contributed by atoms with Crippen molar-refractivity contribution in [2.75, 3.05) is 5.32 Å². The first-order valence-corrected chi connectivity index (χ1v) is 8.20. The number of nitrogens with zero attached hydrogens (tertiary/aromatic N) is 5. The van der Waals surface area contributed by atoms with Gasteiger partial charge in [-0.05, 0) is 12.0 Å². The summed E-state index contributed by atoms with van der Waals surface area (Å²) in [6, 6.07) is 10.0. The Balaban J connectivity index is 1.64. The number of rotatable bonds is 5. The van der Waals surface area contributed by atoms with Crippen molar-refractivity contribution in [3.05, 3.63) is 47.4 Å². The number of carbonyl (C=O) groups is 1. The summed E-state index contributed by atoms with van der Waals surface area (Å²) in [6.45, 7) is 2.09. The summed E-state index contributed by atoms with van der Waals surface area (Å²) in [6.07, 6.45) is 2.34. The highest BCUT2D eigenvalue weighted by atomic mass is 32.1. The van der Waals surface area contributed by atoms with E-state index in [1.54, 1.807) is 0 Å². The second-order valence-electron chi connectivity index (χ2n) is 5.01. The van der Waals surface area contributed by atoms with Crippen molar-refractivity contribution in [2.45, 2.75) is 19.9 Å². The molecule has 3 aromatic rings. The largest absolute Gasteiger partial charge is 0.300 e. The van der Waals surface area contributed by atoms with E-state index in [1.807, 2.05) is 23.6 Å². The molecule has 0 aliphatic heterocycles. The van der Waals surface area contributed by atoms with Gasteiger partial charge in [-0.15, -0.1) is 16.4 Å². The Hall–Kier alpha value is -3.05. The van der Waals surface area contributed by atoms with Gasteiger partial charge in [-0.1, -0.05) is 31.2 Å². The molecular weight excluding hydrogens is 324 g/mol. The van der Waals surface area contributed by atoms with Gasteiger partial charge < -0.3 is 5.32 Å². The molecule has 2 heterocycles. The van der Waals surface area contributed by atoms with Crippen LogP contribution in [0.15, 0.2) is 36.0 Å². The summed E-state index contributed by atoms with van der Waals surface area (Å²) in [5, 5.41) is 17.7. The first-order valence-electron chi connectivity index (χ1n) is 7.32. The Bertz CT molecular complexity index is 890. The molecule has 0 atom stereocenters. The predicted molar refractivity (Wildman–Crippen MR) is 90.3 cm³/mol. The normalized spacial score (nSPS) is 10.3. The second kappa shape index (κ2) is 7.02. The molecule has 1 aromatic carbocycles. The van der Waals surface area contributed by atoms with Crippen LogP contribution in [0.3, 0.4) is 0 Å². The van der Waals surface area contributed by atoms with Crippen molar-refractivity contribution in [1.29, 1.82) is 5.26 Å². The molecule has 0 aliphatic rings. The number of nitriles is 1. The number of anilines is 1. The quantitative estimate of drug-likeness (QED) is 0.771. The van der Waals surface area contributed by atoms with Gasteiger partial charge in [0, 0.05) is 10.9 Å². The number of hydrogen-bond donors (Lipinski definition) is 1. The molecule has 120 valence electrons. The average Bonchev–Trinajstić information content (AvgIpc) is 3.24. The molecule has 0 fully saturated rings. The van der Waals surface area contributed by atoms with E-state index in [0.29, 0.717) is 5.13 Å². The fraction of sp³-hybridized carbons (Fsp3) is 0.188. The zero-order valence-corrected chi connectivity index (χ0v) is 13.7. The van der Waals surface area contributed by atoms with Crippen LogP contribution in [0.25, 0.3) is 11.3 Å². The first kappa shape index (κ1) is 15.8. The fourth-order valence-corrected chi connectivity index (χ4v) is 2.84. The summed E-state index contributed by atoms with van der Waals surface area (Å²) < 4.78 is 1.31. The molecule has 2 aromatic heterocycles. The Morgan fingerprint density at radius 3 is 2.83 bits per heavy atom. The molecule has 0 spiro atoms. The third-order valence-electron chi connectivity index (χ3n) is 3.35. The maximum absolute atomic E-state index is 12.0. The van der Waals surface area contributed by atoms with Crippen LogP contribution in [0.4, 0.5) is 5.13 Å². The maximum atomic E-state index is 12.0. The number of thiazole rings is 1. The molecule has 1 amide bonds. The van der Waals surface area contributed by atoms with Gasteiger partial charge in [0.05, 0.1) is 5.69 Å². The Kier molecular flexibility index (Phi) is 4.63. The highest BCUT2D eigenvalue weighted by Crippen LogP contribution is 2.25. The van der Waals surface area contributed by atoms with Gasteiger partial charge >= 0.3 is 0 Å².